The van der Waals surface area contributed by atoms with E-state index < -0.39 is 0 Å². The van der Waals surface area contributed by atoms with Crippen LogP contribution < -0.4 is 10.6 Å². The van der Waals surface area contributed by atoms with Gasteiger partial charge in [-0.15, -0.1) is 0 Å². The molecule has 5 heteroatoms. The summed E-state index contributed by atoms with van der Waals surface area (Å²) < 4.78 is 0. The van der Waals surface area contributed by atoms with Crippen molar-refractivity contribution < 1.29 is 4.79 Å². The smallest absolute Gasteiger partial charge is 0.255 e. The van der Waals surface area contributed by atoms with Gasteiger partial charge in [0, 0.05) is 39.9 Å². The van der Waals surface area contributed by atoms with E-state index in [1.54, 1.807) is 25.1 Å². The van der Waals surface area contributed by atoms with Crippen LogP contribution in [0.1, 0.15) is 23.2 Å². The molecule has 1 aliphatic heterocycles. The molecule has 0 unspecified atom stereocenters. The fraction of sp³-hybridized carbons (Fsp3) is 0.562. The fourth-order valence-corrected chi connectivity index (χ4v) is 2.70. The first kappa shape index (κ1) is 15.6. The molecule has 0 atom stereocenters. The van der Waals surface area contributed by atoms with Crippen LogP contribution in [0, 0.1) is 0 Å². The Labute approximate surface area is 127 Å². The highest BCUT2D eigenvalue weighted by atomic mass is 16.2. The number of rotatable bonds is 5. The van der Waals surface area contributed by atoms with Gasteiger partial charge >= 0.3 is 0 Å². The number of nitrogens with zero attached hydrogens (tertiary/aromatic N) is 3. The number of hydrogen-bond acceptors (Lipinski definition) is 4. The molecule has 1 aromatic carbocycles. The summed E-state index contributed by atoms with van der Waals surface area (Å²) in [4.78, 5) is 18.5. The lowest BCUT2D eigenvalue weighted by atomic mass is 10.1. The summed E-state index contributed by atoms with van der Waals surface area (Å²) >= 11 is 0. The van der Waals surface area contributed by atoms with E-state index in [1.165, 1.54) is 25.9 Å². The van der Waals surface area contributed by atoms with Gasteiger partial charge < -0.3 is 20.4 Å². The third kappa shape index (κ3) is 3.88. The number of likely N-dealkylation sites (N-methyl/N-ethyl adjacent to an activating group) is 1. The summed E-state index contributed by atoms with van der Waals surface area (Å²) in [5.74, 6) is 0.0121. The van der Waals surface area contributed by atoms with Gasteiger partial charge in [0.05, 0.1) is 11.3 Å². The Morgan fingerprint density at radius 1 is 1.24 bits per heavy atom. The predicted octanol–water partition coefficient (Wildman–Crippen LogP) is 1.50. The first-order valence-electron chi connectivity index (χ1n) is 7.53. The highest BCUT2D eigenvalue weighted by molar-refractivity contribution is 6.00. The van der Waals surface area contributed by atoms with Crippen molar-refractivity contribution in [1.82, 2.24) is 9.80 Å². The maximum atomic E-state index is 12.3. The minimum absolute atomic E-state index is 0.0121. The van der Waals surface area contributed by atoms with Gasteiger partial charge in [0.15, 0.2) is 0 Å². The van der Waals surface area contributed by atoms with Crippen molar-refractivity contribution in [3.63, 3.8) is 0 Å². The first-order chi connectivity index (χ1) is 9.99. The maximum Gasteiger partial charge on any atom is 0.255 e. The van der Waals surface area contributed by atoms with Gasteiger partial charge in [-0.25, -0.2) is 0 Å². The third-order valence-corrected chi connectivity index (χ3v) is 4.02. The second-order valence-electron chi connectivity index (χ2n) is 5.95. The lowest BCUT2D eigenvalue weighted by Gasteiger charge is -2.26. The van der Waals surface area contributed by atoms with Gasteiger partial charge in [0.1, 0.15) is 0 Å². The average Bonchev–Trinajstić information content (AvgIpc) is 2.97. The van der Waals surface area contributed by atoms with Crippen LogP contribution in [-0.4, -0.2) is 63.0 Å². The van der Waals surface area contributed by atoms with Gasteiger partial charge in [0.2, 0.25) is 0 Å². The number of carbonyl (C=O) groups excluding carboxylic acids is 1. The van der Waals surface area contributed by atoms with E-state index in [4.69, 9.17) is 5.73 Å². The van der Waals surface area contributed by atoms with Crippen molar-refractivity contribution in [2.24, 2.45) is 0 Å². The third-order valence-electron chi connectivity index (χ3n) is 4.02. The largest absolute Gasteiger partial charge is 0.399 e. The monoisotopic (exact) mass is 290 g/mol. The fourth-order valence-electron chi connectivity index (χ4n) is 2.70. The molecule has 0 radical (unpaired) electrons. The molecule has 1 amide bonds. The molecule has 1 heterocycles. The molecule has 21 heavy (non-hydrogen) atoms. The van der Waals surface area contributed by atoms with E-state index >= 15 is 0 Å². The first-order valence-corrected chi connectivity index (χ1v) is 7.53. The zero-order valence-corrected chi connectivity index (χ0v) is 13.3. The standard InChI is InChI=1S/C16H26N4O/c1-18(2)16(21)14-7-6-13(17)12-15(14)19(3)10-11-20-8-4-5-9-20/h6-7,12H,4-5,8-11,17H2,1-3H3. The van der Waals surface area contributed by atoms with E-state index in [2.05, 4.69) is 9.80 Å². The molecule has 0 saturated carbocycles. The molecule has 1 aromatic rings. The zero-order chi connectivity index (χ0) is 15.4. The molecule has 0 aromatic heterocycles. The molecule has 0 spiro atoms. The van der Waals surface area contributed by atoms with Crippen LogP contribution in [-0.2, 0) is 0 Å². The Bertz CT molecular complexity index is 495. The number of benzene rings is 1. The van der Waals surface area contributed by atoms with E-state index in [0.29, 0.717) is 11.3 Å². The topological polar surface area (TPSA) is 52.8 Å². The van der Waals surface area contributed by atoms with Crippen molar-refractivity contribution in [1.29, 1.82) is 0 Å². The van der Waals surface area contributed by atoms with Crippen LogP contribution in [0.4, 0.5) is 11.4 Å². The number of amides is 1. The number of hydrogen-bond donors (Lipinski definition) is 1. The maximum absolute atomic E-state index is 12.3. The van der Waals surface area contributed by atoms with Gasteiger partial charge in [-0.05, 0) is 44.1 Å². The zero-order valence-electron chi connectivity index (χ0n) is 13.3. The quantitative estimate of drug-likeness (QED) is 0.835. The highest BCUT2D eigenvalue weighted by Crippen LogP contribution is 2.24. The van der Waals surface area contributed by atoms with E-state index in [0.717, 1.165) is 18.8 Å². The summed E-state index contributed by atoms with van der Waals surface area (Å²) in [5.41, 5.74) is 8.20. The number of nitrogen functional groups attached to an aromatic ring is 1. The Morgan fingerprint density at radius 2 is 1.90 bits per heavy atom. The Balaban J connectivity index is 2.12. The highest BCUT2D eigenvalue weighted by Gasteiger charge is 2.18. The molecular weight excluding hydrogens is 264 g/mol. The number of carbonyl (C=O) groups is 1. The molecule has 0 aliphatic carbocycles. The van der Waals surface area contributed by atoms with E-state index in [1.807, 2.05) is 19.2 Å². The predicted molar refractivity (Wildman–Crippen MR) is 87.8 cm³/mol. The van der Waals surface area contributed by atoms with Gasteiger partial charge in [0.25, 0.3) is 5.91 Å². The van der Waals surface area contributed by atoms with Crippen LogP contribution in [0.15, 0.2) is 18.2 Å². The van der Waals surface area contributed by atoms with Crippen LogP contribution in [0.2, 0.25) is 0 Å². The minimum atomic E-state index is 0.0121. The van der Waals surface area contributed by atoms with Crippen LogP contribution in [0.3, 0.4) is 0 Å². The second kappa shape index (κ2) is 6.80. The molecule has 2 rings (SSSR count). The van der Waals surface area contributed by atoms with Crippen LogP contribution >= 0.6 is 0 Å². The normalized spacial score (nSPS) is 15.2. The molecule has 5 nitrogen and oxygen atoms in total. The molecule has 1 aliphatic rings. The summed E-state index contributed by atoms with van der Waals surface area (Å²) in [6.45, 7) is 4.31. The summed E-state index contributed by atoms with van der Waals surface area (Å²) in [6.07, 6.45) is 2.60. The van der Waals surface area contributed by atoms with Gasteiger partial charge in [-0.2, -0.15) is 0 Å². The number of nitrogens with two attached hydrogens (primary N) is 1. The Hall–Kier alpha value is -1.75. The molecule has 2 N–H and O–H groups in total. The summed E-state index contributed by atoms with van der Waals surface area (Å²) in [6, 6.07) is 5.49. The van der Waals surface area contributed by atoms with E-state index in [9.17, 15) is 4.79 Å². The number of anilines is 2. The minimum Gasteiger partial charge on any atom is -0.399 e. The van der Waals surface area contributed by atoms with Crippen LogP contribution in [0.25, 0.3) is 0 Å². The molecule has 0 bridgehead atoms. The molecular formula is C16H26N4O. The van der Waals surface area contributed by atoms with Crippen molar-refractivity contribution in [2.75, 3.05) is 58.0 Å². The second-order valence-corrected chi connectivity index (χ2v) is 5.95. The van der Waals surface area contributed by atoms with Gasteiger partial charge in [-0.1, -0.05) is 0 Å². The summed E-state index contributed by atoms with van der Waals surface area (Å²) in [7, 11) is 5.57. The molecule has 116 valence electrons. The SMILES string of the molecule is CN(C)C(=O)c1ccc(N)cc1N(C)CCN1CCCC1. The molecule has 1 fully saturated rings. The molecule has 1 saturated heterocycles. The Morgan fingerprint density at radius 3 is 2.52 bits per heavy atom. The van der Waals surface area contributed by atoms with Gasteiger partial charge in [-0.3, -0.25) is 4.79 Å². The van der Waals surface area contributed by atoms with E-state index in [-0.39, 0.29) is 5.91 Å². The van der Waals surface area contributed by atoms with Crippen molar-refractivity contribution >= 4 is 17.3 Å². The Kier molecular flexibility index (Phi) is 5.07. The lowest BCUT2D eigenvalue weighted by molar-refractivity contribution is 0.0828. The summed E-state index contributed by atoms with van der Waals surface area (Å²) in [5, 5.41) is 0. The lowest BCUT2D eigenvalue weighted by Crippen LogP contribution is -2.33. The van der Waals surface area contributed by atoms with Crippen molar-refractivity contribution in [3.8, 4) is 0 Å². The number of likely N-dealkylation sites (tertiary alicyclic amines) is 1. The van der Waals surface area contributed by atoms with Crippen molar-refractivity contribution in [2.45, 2.75) is 12.8 Å². The van der Waals surface area contributed by atoms with Crippen LogP contribution in [0.5, 0.6) is 0 Å². The van der Waals surface area contributed by atoms with Crippen molar-refractivity contribution in [3.05, 3.63) is 23.8 Å². The average molecular weight is 290 g/mol.